The highest BCUT2D eigenvalue weighted by Crippen LogP contribution is 2.62. The number of likely N-dealkylation sites (tertiary alicyclic amines) is 1. The van der Waals surface area contributed by atoms with Crippen molar-refractivity contribution in [1.29, 1.82) is 0 Å². The first-order chi connectivity index (χ1) is 12.2. The van der Waals surface area contributed by atoms with Gasteiger partial charge in [0, 0.05) is 24.7 Å². The maximum absolute atomic E-state index is 6.50. The van der Waals surface area contributed by atoms with Crippen LogP contribution in [0.4, 0.5) is 0 Å². The molecule has 0 amide bonds. The van der Waals surface area contributed by atoms with E-state index in [1.165, 1.54) is 16.7 Å². The van der Waals surface area contributed by atoms with Gasteiger partial charge < -0.3 is 14.2 Å². The summed E-state index contributed by atoms with van der Waals surface area (Å²) < 4.78 is 17.8. The van der Waals surface area contributed by atoms with Gasteiger partial charge in [0.2, 0.25) is 0 Å². The minimum Gasteiger partial charge on any atom is -0.497 e. The van der Waals surface area contributed by atoms with Crippen molar-refractivity contribution in [3.63, 3.8) is 0 Å². The second-order valence-electron chi connectivity index (χ2n) is 7.25. The Morgan fingerprint density at radius 2 is 2.20 bits per heavy atom. The third-order valence-corrected chi connectivity index (χ3v) is 6.36. The maximum Gasteiger partial charge on any atom is 0.169 e. The van der Waals surface area contributed by atoms with Crippen molar-refractivity contribution in [2.24, 2.45) is 0 Å². The highest BCUT2D eigenvalue weighted by atomic mass is 16.6. The third kappa shape index (κ3) is 1.70. The van der Waals surface area contributed by atoms with Crippen molar-refractivity contribution >= 4 is 0 Å². The molecule has 2 bridgehead atoms. The first kappa shape index (κ1) is 15.1. The highest BCUT2D eigenvalue weighted by Gasteiger charge is 2.62. The molecular formula is C21H23NO3. The molecule has 1 aromatic rings. The molecule has 4 nitrogen and oxygen atoms in total. The lowest BCUT2D eigenvalue weighted by atomic mass is 9.57. The van der Waals surface area contributed by atoms with E-state index in [0.717, 1.165) is 43.2 Å². The number of piperidine rings is 1. The highest BCUT2D eigenvalue weighted by molar-refractivity contribution is 5.67. The molecule has 0 N–H and O–H groups in total. The van der Waals surface area contributed by atoms with Gasteiger partial charge >= 0.3 is 0 Å². The van der Waals surface area contributed by atoms with E-state index in [-0.39, 0.29) is 11.5 Å². The van der Waals surface area contributed by atoms with Crippen LogP contribution in [0.1, 0.15) is 17.5 Å². The quantitative estimate of drug-likeness (QED) is 0.791. The van der Waals surface area contributed by atoms with Crippen LogP contribution in [0.15, 0.2) is 48.3 Å². The van der Waals surface area contributed by atoms with Gasteiger partial charge in [-0.1, -0.05) is 18.2 Å². The summed E-state index contributed by atoms with van der Waals surface area (Å²) in [6.45, 7) is 5.91. The van der Waals surface area contributed by atoms with Crippen molar-refractivity contribution < 1.29 is 14.2 Å². The zero-order chi connectivity index (χ0) is 17.2. The number of nitrogens with zero attached hydrogens (tertiary/aromatic N) is 1. The van der Waals surface area contributed by atoms with Crippen LogP contribution < -0.4 is 9.47 Å². The molecule has 1 aromatic carbocycles. The van der Waals surface area contributed by atoms with Crippen LogP contribution in [0.5, 0.6) is 11.5 Å². The Balaban J connectivity index is 1.77. The fourth-order valence-electron chi connectivity index (χ4n) is 5.38. The maximum atomic E-state index is 6.50. The summed E-state index contributed by atoms with van der Waals surface area (Å²) in [7, 11) is 3.45. The second-order valence-corrected chi connectivity index (χ2v) is 7.25. The lowest BCUT2D eigenvalue weighted by Gasteiger charge is -2.53. The van der Waals surface area contributed by atoms with Crippen molar-refractivity contribution in [1.82, 2.24) is 4.90 Å². The van der Waals surface area contributed by atoms with E-state index in [1.54, 1.807) is 14.2 Å². The monoisotopic (exact) mass is 337 g/mol. The number of ether oxygens (including phenoxy) is 3. The summed E-state index contributed by atoms with van der Waals surface area (Å²) in [5, 5.41) is 0. The molecule has 2 aliphatic heterocycles. The Kier molecular flexibility index (Phi) is 3.11. The fourth-order valence-corrected chi connectivity index (χ4v) is 5.38. The molecule has 0 radical (unpaired) electrons. The molecule has 3 atom stereocenters. The molecule has 2 aliphatic carbocycles. The lowest BCUT2D eigenvalue weighted by molar-refractivity contribution is 0.0686. The van der Waals surface area contributed by atoms with E-state index in [0.29, 0.717) is 6.04 Å². The Morgan fingerprint density at radius 1 is 1.32 bits per heavy atom. The van der Waals surface area contributed by atoms with Gasteiger partial charge in [0.1, 0.15) is 5.76 Å². The molecule has 1 saturated heterocycles. The number of rotatable bonds is 4. The van der Waals surface area contributed by atoms with Gasteiger partial charge in [-0.25, -0.2) is 0 Å². The van der Waals surface area contributed by atoms with Crippen LogP contribution in [-0.4, -0.2) is 44.4 Å². The molecule has 1 fully saturated rings. The molecule has 0 saturated carbocycles. The molecule has 1 spiro atoms. The second kappa shape index (κ2) is 5.15. The third-order valence-electron chi connectivity index (χ3n) is 6.36. The number of hydrogen-bond acceptors (Lipinski definition) is 4. The first-order valence-electron chi connectivity index (χ1n) is 8.92. The normalized spacial score (nSPS) is 31.4. The van der Waals surface area contributed by atoms with E-state index in [4.69, 9.17) is 14.2 Å². The van der Waals surface area contributed by atoms with Crippen molar-refractivity contribution in [2.45, 2.75) is 30.4 Å². The summed E-state index contributed by atoms with van der Waals surface area (Å²) in [4.78, 5) is 2.54. The number of allylic oxidation sites excluding steroid dienone is 2. The summed E-state index contributed by atoms with van der Waals surface area (Å²) in [5.74, 6) is 2.64. The predicted molar refractivity (Wildman–Crippen MR) is 96.1 cm³/mol. The van der Waals surface area contributed by atoms with Crippen LogP contribution in [0.3, 0.4) is 0 Å². The van der Waals surface area contributed by atoms with E-state index >= 15 is 0 Å². The van der Waals surface area contributed by atoms with Gasteiger partial charge in [0.15, 0.2) is 17.6 Å². The fraction of sp³-hybridized carbons (Fsp3) is 0.429. The average Bonchev–Trinajstić information content (AvgIpc) is 2.98. The van der Waals surface area contributed by atoms with E-state index in [9.17, 15) is 0 Å². The predicted octanol–water partition coefficient (Wildman–Crippen LogP) is 2.98. The Hall–Kier alpha value is -2.20. The zero-order valence-electron chi connectivity index (χ0n) is 14.7. The molecular weight excluding hydrogens is 314 g/mol. The van der Waals surface area contributed by atoms with Crippen LogP contribution in [0.2, 0.25) is 0 Å². The van der Waals surface area contributed by atoms with Crippen LogP contribution in [-0.2, 0) is 16.6 Å². The van der Waals surface area contributed by atoms with Gasteiger partial charge in [-0.15, -0.1) is 6.58 Å². The summed E-state index contributed by atoms with van der Waals surface area (Å²) in [5.41, 5.74) is 4.07. The number of benzene rings is 1. The van der Waals surface area contributed by atoms with Crippen LogP contribution in [0.25, 0.3) is 0 Å². The standard InChI is InChI=1S/C21H23NO3/c1-4-10-22-11-9-21-14-6-8-17(24-3)20(21)25-19-16(23-2)7-5-13(18(19)21)12-15(14)22/h4-8,15,20H,1,9-12H2,2-3H3/t15-,20?,21+/m0/s1. The van der Waals surface area contributed by atoms with Crippen molar-refractivity contribution in [3.8, 4) is 11.5 Å². The summed E-state index contributed by atoms with van der Waals surface area (Å²) in [6.07, 6.45) is 8.33. The zero-order valence-corrected chi connectivity index (χ0v) is 14.7. The van der Waals surface area contributed by atoms with Crippen molar-refractivity contribution in [2.75, 3.05) is 27.3 Å². The van der Waals surface area contributed by atoms with Gasteiger partial charge in [-0.2, -0.15) is 0 Å². The molecule has 4 heteroatoms. The Bertz CT molecular complexity index is 825. The molecule has 130 valence electrons. The smallest absolute Gasteiger partial charge is 0.169 e. The SMILES string of the molecule is C=CCN1CC[C@]23C4=CC=C(OC)C2Oc2c(OC)ccc(c23)C[C@@H]41. The largest absolute Gasteiger partial charge is 0.497 e. The Labute approximate surface area is 148 Å². The molecule has 2 heterocycles. The first-order valence-corrected chi connectivity index (χ1v) is 8.92. The average molecular weight is 337 g/mol. The van der Waals surface area contributed by atoms with Gasteiger partial charge in [-0.05, 0) is 36.1 Å². The molecule has 4 aliphatic rings. The van der Waals surface area contributed by atoms with Gasteiger partial charge in [-0.3, -0.25) is 4.90 Å². The molecule has 5 rings (SSSR count). The minimum absolute atomic E-state index is 0.0868. The number of methoxy groups -OCH3 is 2. The summed E-state index contributed by atoms with van der Waals surface area (Å²) >= 11 is 0. The van der Waals surface area contributed by atoms with Crippen molar-refractivity contribution in [3.05, 3.63) is 59.4 Å². The number of hydrogen-bond donors (Lipinski definition) is 0. The van der Waals surface area contributed by atoms with Gasteiger partial charge in [0.05, 0.1) is 19.6 Å². The topological polar surface area (TPSA) is 30.9 Å². The van der Waals surface area contributed by atoms with Gasteiger partial charge in [0.25, 0.3) is 0 Å². The molecule has 25 heavy (non-hydrogen) atoms. The van der Waals surface area contributed by atoms with Crippen LogP contribution in [0, 0.1) is 0 Å². The van der Waals surface area contributed by atoms with E-state index in [2.05, 4.69) is 29.7 Å². The molecule has 0 aromatic heterocycles. The van der Waals surface area contributed by atoms with Crippen LogP contribution >= 0.6 is 0 Å². The van der Waals surface area contributed by atoms with E-state index < -0.39 is 0 Å². The van der Waals surface area contributed by atoms with E-state index in [1.807, 2.05) is 12.1 Å². The summed E-state index contributed by atoms with van der Waals surface area (Å²) in [6, 6.07) is 4.66. The minimum atomic E-state index is -0.111. The lowest BCUT2D eigenvalue weighted by Crippen LogP contribution is -2.59. The Morgan fingerprint density at radius 3 is 2.96 bits per heavy atom. The molecule has 1 unspecified atom stereocenters.